The molecule has 5 N–H and O–H groups in total. The van der Waals surface area contributed by atoms with Crippen molar-refractivity contribution in [2.24, 2.45) is 5.73 Å². The third kappa shape index (κ3) is 1.67. The third-order valence-electron chi connectivity index (χ3n) is 2.54. The predicted octanol–water partition coefficient (Wildman–Crippen LogP) is 0.564. The molecular formula is C10H15N5O. The first-order chi connectivity index (χ1) is 7.63. The molecule has 0 radical (unpaired) electrons. The molecule has 0 aromatic carbocycles. The molecule has 2 aromatic rings. The first-order valence-corrected chi connectivity index (χ1v) is 5.24. The molecule has 0 saturated heterocycles. The second-order valence-electron chi connectivity index (χ2n) is 3.80. The van der Waals surface area contributed by atoms with Gasteiger partial charge in [0.1, 0.15) is 5.82 Å². The molecule has 86 valence electrons. The van der Waals surface area contributed by atoms with Crippen LogP contribution in [-0.2, 0) is 0 Å². The second-order valence-corrected chi connectivity index (χ2v) is 3.80. The van der Waals surface area contributed by atoms with Crippen LogP contribution in [0.4, 0.5) is 5.82 Å². The predicted molar refractivity (Wildman–Crippen MR) is 62.9 cm³/mol. The Balaban J connectivity index is 2.60. The Kier molecular flexibility index (Phi) is 2.66. The molecule has 0 aliphatic carbocycles. The SMILES string of the molecule is CCCC(N)n1cnc2c(=O)[nH]c(N)cc21. The number of aromatic nitrogens is 3. The van der Waals surface area contributed by atoms with Crippen molar-refractivity contribution in [2.45, 2.75) is 25.9 Å². The lowest BCUT2D eigenvalue weighted by Gasteiger charge is -2.12. The fourth-order valence-corrected chi connectivity index (χ4v) is 1.76. The maximum Gasteiger partial charge on any atom is 0.277 e. The van der Waals surface area contributed by atoms with Crippen LogP contribution >= 0.6 is 0 Å². The van der Waals surface area contributed by atoms with Gasteiger partial charge in [0.25, 0.3) is 5.56 Å². The van der Waals surface area contributed by atoms with Crippen LogP contribution in [0.2, 0.25) is 0 Å². The average molecular weight is 221 g/mol. The van der Waals surface area contributed by atoms with Gasteiger partial charge in [-0.15, -0.1) is 0 Å². The van der Waals surface area contributed by atoms with Crippen LogP contribution in [0.5, 0.6) is 0 Å². The number of nitrogen functional groups attached to an aromatic ring is 1. The molecule has 0 aliphatic heterocycles. The van der Waals surface area contributed by atoms with Gasteiger partial charge in [0, 0.05) is 6.07 Å². The maximum atomic E-state index is 11.5. The number of fused-ring (bicyclic) bond motifs is 1. The van der Waals surface area contributed by atoms with Crippen LogP contribution in [-0.4, -0.2) is 14.5 Å². The number of imidazole rings is 1. The zero-order chi connectivity index (χ0) is 11.7. The van der Waals surface area contributed by atoms with Crippen molar-refractivity contribution >= 4 is 16.9 Å². The van der Waals surface area contributed by atoms with Gasteiger partial charge in [0.05, 0.1) is 18.0 Å². The van der Waals surface area contributed by atoms with E-state index in [9.17, 15) is 4.79 Å². The molecule has 0 aliphatic rings. The normalized spacial score (nSPS) is 13.1. The van der Waals surface area contributed by atoms with Crippen molar-refractivity contribution < 1.29 is 0 Å². The number of H-pyrrole nitrogens is 1. The van der Waals surface area contributed by atoms with E-state index in [4.69, 9.17) is 11.5 Å². The van der Waals surface area contributed by atoms with Gasteiger partial charge in [-0.1, -0.05) is 13.3 Å². The highest BCUT2D eigenvalue weighted by molar-refractivity contribution is 5.76. The molecule has 2 heterocycles. The van der Waals surface area contributed by atoms with E-state index >= 15 is 0 Å². The minimum Gasteiger partial charge on any atom is -0.385 e. The number of nitrogens with one attached hydrogen (secondary N) is 1. The first kappa shape index (κ1) is 10.7. The quantitative estimate of drug-likeness (QED) is 0.704. The van der Waals surface area contributed by atoms with Crippen LogP contribution in [0.1, 0.15) is 25.9 Å². The van der Waals surface area contributed by atoms with Crippen LogP contribution in [0.3, 0.4) is 0 Å². The topological polar surface area (TPSA) is 103 Å². The van der Waals surface area contributed by atoms with Gasteiger partial charge >= 0.3 is 0 Å². The molecule has 6 heteroatoms. The van der Waals surface area contributed by atoms with Crippen molar-refractivity contribution in [2.75, 3.05) is 5.73 Å². The van der Waals surface area contributed by atoms with Crippen LogP contribution in [0.15, 0.2) is 17.2 Å². The Hall–Kier alpha value is -1.82. The van der Waals surface area contributed by atoms with E-state index < -0.39 is 0 Å². The molecule has 0 spiro atoms. The average Bonchev–Trinajstić information content (AvgIpc) is 2.61. The maximum absolute atomic E-state index is 11.5. The Morgan fingerprint density at radius 2 is 2.38 bits per heavy atom. The summed E-state index contributed by atoms with van der Waals surface area (Å²) in [6, 6.07) is 1.68. The molecule has 0 amide bonds. The van der Waals surface area contributed by atoms with Crippen LogP contribution < -0.4 is 17.0 Å². The van der Waals surface area contributed by atoms with E-state index in [2.05, 4.69) is 16.9 Å². The van der Waals surface area contributed by atoms with E-state index in [0.717, 1.165) is 12.8 Å². The Morgan fingerprint density at radius 1 is 1.62 bits per heavy atom. The fourth-order valence-electron chi connectivity index (χ4n) is 1.76. The minimum atomic E-state index is -0.280. The van der Waals surface area contributed by atoms with Crippen molar-refractivity contribution in [3.05, 3.63) is 22.7 Å². The lowest BCUT2D eigenvalue weighted by molar-refractivity contribution is 0.489. The highest BCUT2D eigenvalue weighted by Crippen LogP contribution is 2.16. The Labute approximate surface area is 92.3 Å². The number of aromatic amines is 1. The number of rotatable bonds is 3. The lowest BCUT2D eigenvalue weighted by Crippen LogP contribution is -2.18. The lowest BCUT2D eigenvalue weighted by atomic mass is 10.2. The molecule has 0 bridgehead atoms. The third-order valence-corrected chi connectivity index (χ3v) is 2.54. The molecular weight excluding hydrogens is 206 g/mol. The summed E-state index contributed by atoms with van der Waals surface area (Å²) < 4.78 is 1.78. The van der Waals surface area contributed by atoms with Crippen molar-refractivity contribution in [3.63, 3.8) is 0 Å². The molecule has 0 saturated carbocycles. The van der Waals surface area contributed by atoms with E-state index in [0.29, 0.717) is 16.9 Å². The molecule has 16 heavy (non-hydrogen) atoms. The van der Waals surface area contributed by atoms with E-state index in [1.54, 1.807) is 17.0 Å². The van der Waals surface area contributed by atoms with Gasteiger partial charge in [-0.2, -0.15) is 0 Å². The molecule has 1 atom stereocenters. The smallest absolute Gasteiger partial charge is 0.277 e. The van der Waals surface area contributed by atoms with E-state index in [1.807, 2.05) is 0 Å². The van der Waals surface area contributed by atoms with E-state index in [1.165, 1.54) is 0 Å². The number of pyridine rings is 1. The van der Waals surface area contributed by atoms with Crippen molar-refractivity contribution in [3.8, 4) is 0 Å². The number of nitrogens with two attached hydrogens (primary N) is 2. The summed E-state index contributed by atoms with van der Waals surface area (Å²) in [5, 5.41) is 0. The summed E-state index contributed by atoms with van der Waals surface area (Å²) in [5.41, 5.74) is 12.4. The number of hydrogen-bond acceptors (Lipinski definition) is 4. The fraction of sp³-hybridized carbons (Fsp3) is 0.400. The number of hydrogen-bond donors (Lipinski definition) is 3. The van der Waals surface area contributed by atoms with Crippen molar-refractivity contribution in [1.29, 1.82) is 0 Å². The summed E-state index contributed by atoms with van der Waals surface area (Å²) >= 11 is 0. The van der Waals surface area contributed by atoms with Gasteiger partial charge in [-0.3, -0.25) is 4.79 Å². The summed E-state index contributed by atoms with van der Waals surface area (Å²) in [6.45, 7) is 2.06. The van der Waals surface area contributed by atoms with Gasteiger partial charge in [0.15, 0.2) is 5.52 Å². The highest BCUT2D eigenvalue weighted by Gasteiger charge is 2.11. The molecule has 2 aromatic heterocycles. The first-order valence-electron chi connectivity index (χ1n) is 5.24. The van der Waals surface area contributed by atoms with Gasteiger partial charge < -0.3 is 21.0 Å². The minimum absolute atomic E-state index is 0.170. The molecule has 6 nitrogen and oxygen atoms in total. The zero-order valence-electron chi connectivity index (χ0n) is 9.10. The van der Waals surface area contributed by atoms with Gasteiger partial charge in [-0.25, -0.2) is 4.98 Å². The standard InChI is InChI=1S/C10H15N5O/c1-2-3-8(12)15-5-13-9-6(15)4-7(11)14-10(9)16/h4-5,8H,2-3,12H2,1H3,(H3,11,14,16). The Morgan fingerprint density at radius 3 is 3.06 bits per heavy atom. The monoisotopic (exact) mass is 221 g/mol. The molecule has 0 fully saturated rings. The van der Waals surface area contributed by atoms with E-state index in [-0.39, 0.29) is 11.7 Å². The summed E-state index contributed by atoms with van der Waals surface area (Å²) in [7, 11) is 0. The second kappa shape index (κ2) is 3.97. The molecule has 2 rings (SSSR count). The number of anilines is 1. The van der Waals surface area contributed by atoms with Crippen LogP contribution in [0.25, 0.3) is 11.0 Å². The van der Waals surface area contributed by atoms with Gasteiger partial charge in [-0.05, 0) is 6.42 Å². The van der Waals surface area contributed by atoms with Crippen molar-refractivity contribution in [1.82, 2.24) is 14.5 Å². The zero-order valence-corrected chi connectivity index (χ0v) is 9.10. The highest BCUT2D eigenvalue weighted by atomic mass is 16.1. The summed E-state index contributed by atoms with van der Waals surface area (Å²) in [5.74, 6) is 0.322. The number of nitrogens with zero attached hydrogens (tertiary/aromatic N) is 2. The van der Waals surface area contributed by atoms with Gasteiger partial charge in [0.2, 0.25) is 0 Å². The molecule has 1 unspecified atom stereocenters. The summed E-state index contributed by atoms with van der Waals surface area (Å²) in [4.78, 5) is 18.1. The van der Waals surface area contributed by atoms with Crippen LogP contribution in [0, 0.1) is 0 Å². The largest absolute Gasteiger partial charge is 0.385 e. The Bertz CT molecular complexity index is 556. The summed E-state index contributed by atoms with van der Waals surface area (Å²) in [6.07, 6.45) is 3.22.